The van der Waals surface area contributed by atoms with Crippen LogP contribution in [0.25, 0.3) is 0 Å². The third-order valence-corrected chi connectivity index (χ3v) is 3.80. The summed E-state index contributed by atoms with van der Waals surface area (Å²) in [5.41, 5.74) is 1.00. The first-order chi connectivity index (χ1) is 10.2. The van der Waals surface area contributed by atoms with Crippen molar-refractivity contribution in [1.29, 1.82) is 0 Å². The maximum atomic E-state index is 11.1. The molecule has 1 aliphatic rings. The first-order valence-electron chi connectivity index (χ1n) is 7.40. The number of carboxylic acid groups (broad SMARTS) is 1. The SMILES string of the molecule is COCCOc1ccc(NC2CCCC(C(=O)O)C2)cc1. The fourth-order valence-corrected chi connectivity index (χ4v) is 2.67. The number of carbonyl (C=O) groups is 1. The zero-order valence-corrected chi connectivity index (χ0v) is 12.4. The lowest BCUT2D eigenvalue weighted by Gasteiger charge is -2.28. The van der Waals surface area contributed by atoms with Crippen LogP contribution >= 0.6 is 0 Å². The van der Waals surface area contributed by atoms with E-state index in [-0.39, 0.29) is 12.0 Å². The number of hydrogen-bond donors (Lipinski definition) is 2. The van der Waals surface area contributed by atoms with E-state index in [2.05, 4.69) is 5.32 Å². The molecule has 0 aromatic heterocycles. The van der Waals surface area contributed by atoms with Crippen LogP contribution in [0.4, 0.5) is 5.69 Å². The molecule has 1 saturated carbocycles. The van der Waals surface area contributed by atoms with Gasteiger partial charge in [-0.05, 0) is 43.5 Å². The maximum Gasteiger partial charge on any atom is 0.306 e. The predicted molar refractivity (Wildman–Crippen MR) is 80.8 cm³/mol. The number of ether oxygens (including phenoxy) is 2. The van der Waals surface area contributed by atoms with Gasteiger partial charge in [-0.25, -0.2) is 0 Å². The van der Waals surface area contributed by atoms with Gasteiger partial charge < -0.3 is 19.9 Å². The Morgan fingerprint density at radius 3 is 2.71 bits per heavy atom. The van der Waals surface area contributed by atoms with Gasteiger partial charge in [-0.1, -0.05) is 6.42 Å². The van der Waals surface area contributed by atoms with Gasteiger partial charge in [0.2, 0.25) is 0 Å². The van der Waals surface area contributed by atoms with Crippen molar-refractivity contribution in [2.24, 2.45) is 5.92 Å². The van der Waals surface area contributed by atoms with Gasteiger partial charge in [0.25, 0.3) is 0 Å². The first-order valence-corrected chi connectivity index (χ1v) is 7.40. The highest BCUT2D eigenvalue weighted by Crippen LogP contribution is 2.27. The van der Waals surface area contributed by atoms with Gasteiger partial charge in [0.1, 0.15) is 12.4 Å². The number of hydrogen-bond acceptors (Lipinski definition) is 4. The molecule has 2 rings (SSSR count). The normalized spacial score (nSPS) is 21.8. The van der Waals surface area contributed by atoms with E-state index in [9.17, 15) is 4.79 Å². The topological polar surface area (TPSA) is 67.8 Å². The van der Waals surface area contributed by atoms with Gasteiger partial charge in [0, 0.05) is 18.8 Å². The van der Waals surface area contributed by atoms with E-state index in [1.165, 1.54) is 0 Å². The third kappa shape index (κ3) is 4.93. The number of carboxylic acids is 1. The van der Waals surface area contributed by atoms with Crippen LogP contribution in [-0.2, 0) is 9.53 Å². The molecule has 1 aliphatic carbocycles. The van der Waals surface area contributed by atoms with Crippen molar-refractivity contribution in [1.82, 2.24) is 0 Å². The Bertz CT molecular complexity index is 446. The molecule has 5 nitrogen and oxygen atoms in total. The van der Waals surface area contributed by atoms with Crippen LogP contribution in [-0.4, -0.2) is 37.4 Å². The zero-order valence-electron chi connectivity index (χ0n) is 12.4. The number of aliphatic carboxylic acids is 1. The van der Waals surface area contributed by atoms with Crippen LogP contribution < -0.4 is 10.1 Å². The lowest BCUT2D eigenvalue weighted by atomic mass is 9.85. The van der Waals surface area contributed by atoms with Gasteiger partial charge in [0.05, 0.1) is 12.5 Å². The number of methoxy groups -OCH3 is 1. The molecule has 0 bridgehead atoms. The van der Waals surface area contributed by atoms with Crippen molar-refractivity contribution in [3.05, 3.63) is 24.3 Å². The van der Waals surface area contributed by atoms with Gasteiger partial charge in [-0.3, -0.25) is 4.79 Å². The summed E-state index contributed by atoms with van der Waals surface area (Å²) in [6.07, 6.45) is 3.48. The van der Waals surface area contributed by atoms with E-state index in [0.29, 0.717) is 19.6 Å². The van der Waals surface area contributed by atoms with E-state index in [4.69, 9.17) is 14.6 Å². The highest BCUT2D eigenvalue weighted by Gasteiger charge is 2.26. The molecule has 1 fully saturated rings. The molecule has 21 heavy (non-hydrogen) atoms. The Hall–Kier alpha value is -1.75. The van der Waals surface area contributed by atoms with Gasteiger partial charge >= 0.3 is 5.97 Å². The van der Waals surface area contributed by atoms with E-state index in [0.717, 1.165) is 30.7 Å². The van der Waals surface area contributed by atoms with Crippen LogP contribution in [0.3, 0.4) is 0 Å². The molecule has 1 aromatic rings. The molecule has 5 heteroatoms. The monoisotopic (exact) mass is 293 g/mol. The van der Waals surface area contributed by atoms with E-state index in [1.807, 2.05) is 24.3 Å². The largest absolute Gasteiger partial charge is 0.491 e. The minimum atomic E-state index is -0.677. The van der Waals surface area contributed by atoms with Crippen molar-refractivity contribution < 1.29 is 19.4 Å². The molecule has 2 unspecified atom stereocenters. The quantitative estimate of drug-likeness (QED) is 0.757. The summed E-state index contributed by atoms with van der Waals surface area (Å²) in [5.74, 6) is -0.0825. The van der Waals surface area contributed by atoms with Crippen LogP contribution in [0.5, 0.6) is 5.75 Å². The van der Waals surface area contributed by atoms with Gasteiger partial charge in [0.15, 0.2) is 0 Å². The third-order valence-electron chi connectivity index (χ3n) is 3.80. The molecule has 1 aromatic carbocycles. The molecule has 116 valence electrons. The molecule has 0 saturated heterocycles. The van der Waals surface area contributed by atoms with E-state index in [1.54, 1.807) is 7.11 Å². The first kappa shape index (κ1) is 15.6. The zero-order chi connectivity index (χ0) is 15.1. The fraction of sp³-hybridized carbons (Fsp3) is 0.562. The van der Waals surface area contributed by atoms with Crippen molar-refractivity contribution in [2.45, 2.75) is 31.7 Å². The van der Waals surface area contributed by atoms with Gasteiger partial charge in [-0.2, -0.15) is 0 Å². The fourth-order valence-electron chi connectivity index (χ4n) is 2.67. The second-order valence-electron chi connectivity index (χ2n) is 5.41. The maximum absolute atomic E-state index is 11.1. The highest BCUT2D eigenvalue weighted by molar-refractivity contribution is 5.70. The molecule has 0 heterocycles. The Morgan fingerprint density at radius 2 is 2.05 bits per heavy atom. The number of benzene rings is 1. The Morgan fingerprint density at radius 1 is 1.29 bits per heavy atom. The molecular weight excluding hydrogens is 270 g/mol. The summed E-state index contributed by atoms with van der Waals surface area (Å²) < 4.78 is 10.4. The Labute approximate surface area is 125 Å². The van der Waals surface area contributed by atoms with Crippen molar-refractivity contribution in [2.75, 3.05) is 25.6 Å². The standard InChI is InChI=1S/C16H23NO4/c1-20-9-10-21-15-7-5-13(6-8-15)17-14-4-2-3-12(11-14)16(18)19/h5-8,12,14,17H,2-4,9-11H2,1H3,(H,18,19). The average Bonchev–Trinajstić information content (AvgIpc) is 2.49. The summed E-state index contributed by atoms with van der Waals surface area (Å²) in [6, 6.07) is 7.99. The molecule has 0 aliphatic heterocycles. The highest BCUT2D eigenvalue weighted by atomic mass is 16.5. The number of anilines is 1. The summed E-state index contributed by atoms with van der Waals surface area (Å²) in [6.45, 7) is 1.10. The van der Waals surface area contributed by atoms with E-state index >= 15 is 0 Å². The second kappa shape index (κ2) is 7.88. The smallest absolute Gasteiger partial charge is 0.306 e. The molecule has 0 radical (unpaired) electrons. The lowest BCUT2D eigenvalue weighted by Crippen LogP contribution is -2.30. The minimum Gasteiger partial charge on any atom is -0.491 e. The van der Waals surface area contributed by atoms with Crippen molar-refractivity contribution >= 4 is 11.7 Å². The molecule has 0 spiro atoms. The number of rotatable bonds is 7. The predicted octanol–water partition coefficient (Wildman–Crippen LogP) is 2.77. The molecule has 2 atom stereocenters. The van der Waals surface area contributed by atoms with Crippen molar-refractivity contribution in [3.63, 3.8) is 0 Å². The van der Waals surface area contributed by atoms with Crippen LogP contribution in [0.15, 0.2) is 24.3 Å². The van der Waals surface area contributed by atoms with Crippen LogP contribution in [0, 0.1) is 5.92 Å². The Kier molecular flexibility index (Phi) is 5.87. The van der Waals surface area contributed by atoms with Gasteiger partial charge in [-0.15, -0.1) is 0 Å². The molecule has 0 amide bonds. The lowest BCUT2D eigenvalue weighted by molar-refractivity contribution is -0.142. The summed E-state index contributed by atoms with van der Waals surface area (Å²) in [7, 11) is 1.64. The number of nitrogens with one attached hydrogen (secondary N) is 1. The molecular formula is C16H23NO4. The van der Waals surface area contributed by atoms with Crippen LogP contribution in [0.2, 0.25) is 0 Å². The minimum absolute atomic E-state index is 0.215. The summed E-state index contributed by atoms with van der Waals surface area (Å²) in [4.78, 5) is 11.1. The second-order valence-corrected chi connectivity index (χ2v) is 5.41. The summed E-state index contributed by atoms with van der Waals surface area (Å²) >= 11 is 0. The molecule has 2 N–H and O–H groups in total. The van der Waals surface area contributed by atoms with E-state index < -0.39 is 5.97 Å². The van der Waals surface area contributed by atoms with Crippen LogP contribution in [0.1, 0.15) is 25.7 Å². The average molecular weight is 293 g/mol. The summed E-state index contributed by atoms with van der Waals surface area (Å²) in [5, 5.41) is 12.5. The Balaban J connectivity index is 1.83. The van der Waals surface area contributed by atoms with Crippen molar-refractivity contribution in [3.8, 4) is 5.75 Å².